The molecule has 1 aliphatic heterocycles. The molecule has 1 aromatic rings. The summed E-state index contributed by atoms with van der Waals surface area (Å²) in [6.45, 7) is 7.51. The van der Waals surface area contributed by atoms with Crippen molar-refractivity contribution >= 4 is 15.7 Å². The van der Waals surface area contributed by atoms with Crippen LogP contribution < -0.4 is 4.90 Å². The lowest BCUT2D eigenvalue weighted by atomic mass is 10.1. The van der Waals surface area contributed by atoms with Crippen molar-refractivity contribution in [2.75, 3.05) is 31.1 Å². The van der Waals surface area contributed by atoms with Gasteiger partial charge in [-0.3, -0.25) is 0 Å². The molecule has 1 heterocycles. The van der Waals surface area contributed by atoms with Crippen LogP contribution in [-0.2, 0) is 10.0 Å². The molecule has 1 saturated heterocycles. The standard InChI is InChI=1S/C14H21FN2O2S/c1-11(2)20(18,19)17-8-6-16(7-9-17)14-5-4-13(15)10-12(14)3/h4-5,10-11H,6-9H2,1-3H3. The topological polar surface area (TPSA) is 40.6 Å². The summed E-state index contributed by atoms with van der Waals surface area (Å²) in [6, 6.07) is 4.71. The molecule has 0 atom stereocenters. The number of aryl methyl sites for hydroxylation is 1. The molecular weight excluding hydrogens is 279 g/mol. The zero-order valence-electron chi connectivity index (χ0n) is 12.1. The van der Waals surface area contributed by atoms with Crippen molar-refractivity contribution in [3.05, 3.63) is 29.6 Å². The minimum Gasteiger partial charge on any atom is -0.369 e. The number of anilines is 1. The third-order valence-corrected chi connectivity index (χ3v) is 5.97. The molecule has 6 heteroatoms. The van der Waals surface area contributed by atoms with Gasteiger partial charge in [0.1, 0.15) is 5.82 Å². The van der Waals surface area contributed by atoms with Crippen molar-refractivity contribution in [2.24, 2.45) is 0 Å². The van der Waals surface area contributed by atoms with E-state index >= 15 is 0 Å². The van der Waals surface area contributed by atoms with Crippen LogP contribution in [0.25, 0.3) is 0 Å². The van der Waals surface area contributed by atoms with Gasteiger partial charge in [0.2, 0.25) is 10.0 Å². The summed E-state index contributed by atoms with van der Waals surface area (Å²) in [7, 11) is -3.18. The van der Waals surface area contributed by atoms with Crippen molar-refractivity contribution in [1.29, 1.82) is 0 Å². The molecule has 20 heavy (non-hydrogen) atoms. The predicted molar refractivity (Wildman–Crippen MR) is 79.0 cm³/mol. The quantitative estimate of drug-likeness (QED) is 0.857. The van der Waals surface area contributed by atoms with Crippen LogP contribution in [0, 0.1) is 12.7 Å². The Morgan fingerprint density at radius 3 is 2.25 bits per heavy atom. The Balaban J connectivity index is 2.08. The van der Waals surface area contributed by atoms with Gasteiger partial charge in [-0.05, 0) is 44.5 Å². The van der Waals surface area contributed by atoms with E-state index in [0.717, 1.165) is 11.3 Å². The van der Waals surface area contributed by atoms with Crippen molar-refractivity contribution in [1.82, 2.24) is 4.31 Å². The van der Waals surface area contributed by atoms with Gasteiger partial charge in [0, 0.05) is 31.9 Å². The van der Waals surface area contributed by atoms with E-state index in [2.05, 4.69) is 4.90 Å². The van der Waals surface area contributed by atoms with Crippen LogP contribution in [-0.4, -0.2) is 44.2 Å². The normalized spacial score (nSPS) is 17.8. The van der Waals surface area contributed by atoms with Crippen LogP contribution in [0.1, 0.15) is 19.4 Å². The maximum atomic E-state index is 13.1. The number of sulfonamides is 1. The summed E-state index contributed by atoms with van der Waals surface area (Å²) in [5.41, 5.74) is 1.86. The molecule has 0 N–H and O–H groups in total. The average molecular weight is 300 g/mol. The molecule has 0 aromatic heterocycles. The van der Waals surface area contributed by atoms with Gasteiger partial charge in [-0.15, -0.1) is 0 Å². The van der Waals surface area contributed by atoms with Crippen LogP contribution in [0.4, 0.5) is 10.1 Å². The number of rotatable bonds is 3. The molecule has 1 fully saturated rings. The third kappa shape index (κ3) is 2.96. The second-order valence-corrected chi connectivity index (χ2v) is 7.90. The minimum atomic E-state index is -3.18. The summed E-state index contributed by atoms with van der Waals surface area (Å²) >= 11 is 0. The van der Waals surface area contributed by atoms with E-state index in [4.69, 9.17) is 0 Å². The van der Waals surface area contributed by atoms with Gasteiger partial charge in [-0.2, -0.15) is 4.31 Å². The summed E-state index contributed by atoms with van der Waals surface area (Å²) in [5.74, 6) is -0.243. The number of hydrogen-bond donors (Lipinski definition) is 0. The SMILES string of the molecule is Cc1cc(F)ccc1N1CCN(S(=O)(=O)C(C)C)CC1. The zero-order chi connectivity index (χ0) is 14.9. The highest BCUT2D eigenvalue weighted by Crippen LogP contribution is 2.23. The first-order chi connectivity index (χ1) is 9.32. The van der Waals surface area contributed by atoms with Crippen LogP contribution in [0.3, 0.4) is 0 Å². The summed E-state index contributed by atoms with van der Waals surface area (Å²) in [4.78, 5) is 2.11. The van der Waals surface area contributed by atoms with E-state index in [0.29, 0.717) is 26.2 Å². The fourth-order valence-corrected chi connectivity index (χ4v) is 3.72. The Hall–Kier alpha value is -1.14. The van der Waals surface area contributed by atoms with Gasteiger partial charge in [0.05, 0.1) is 5.25 Å². The van der Waals surface area contributed by atoms with Crippen molar-refractivity contribution < 1.29 is 12.8 Å². The molecule has 112 valence electrons. The Morgan fingerprint density at radius 1 is 1.15 bits per heavy atom. The molecule has 1 aliphatic rings. The number of hydrogen-bond acceptors (Lipinski definition) is 3. The van der Waals surface area contributed by atoms with Crippen molar-refractivity contribution in [3.8, 4) is 0 Å². The molecule has 0 saturated carbocycles. The fraction of sp³-hybridized carbons (Fsp3) is 0.571. The number of piperazine rings is 1. The van der Waals surface area contributed by atoms with E-state index in [-0.39, 0.29) is 11.1 Å². The molecule has 0 bridgehead atoms. The Kier molecular flexibility index (Phi) is 4.34. The smallest absolute Gasteiger partial charge is 0.216 e. The van der Waals surface area contributed by atoms with Crippen LogP contribution >= 0.6 is 0 Å². The average Bonchev–Trinajstić information content (AvgIpc) is 2.38. The van der Waals surface area contributed by atoms with Crippen LogP contribution in [0.15, 0.2) is 18.2 Å². The zero-order valence-corrected chi connectivity index (χ0v) is 13.0. The van der Waals surface area contributed by atoms with E-state index in [9.17, 15) is 12.8 Å². The Morgan fingerprint density at radius 2 is 1.75 bits per heavy atom. The highest BCUT2D eigenvalue weighted by Gasteiger charge is 2.29. The largest absolute Gasteiger partial charge is 0.369 e. The van der Waals surface area contributed by atoms with E-state index in [1.807, 2.05) is 6.92 Å². The van der Waals surface area contributed by atoms with Crippen molar-refractivity contribution in [2.45, 2.75) is 26.0 Å². The molecule has 0 aliphatic carbocycles. The monoisotopic (exact) mass is 300 g/mol. The second-order valence-electron chi connectivity index (χ2n) is 5.41. The second kappa shape index (κ2) is 5.69. The summed E-state index contributed by atoms with van der Waals surface area (Å²) in [6.07, 6.45) is 0. The van der Waals surface area contributed by atoms with Crippen molar-refractivity contribution in [3.63, 3.8) is 0 Å². The molecule has 4 nitrogen and oxygen atoms in total. The highest BCUT2D eigenvalue weighted by atomic mass is 32.2. The third-order valence-electron chi connectivity index (χ3n) is 3.69. The van der Waals surface area contributed by atoms with E-state index < -0.39 is 10.0 Å². The van der Waals surface area contributed by atoms with Gasteiger partial charge in [0.25, 0.3) is 0 Å². The molecule has 0 unspecified atom stereocenters. The molecule has 0 spiro atoms. The summed E-state index contributed by atoms with van der Waals surface area (Å²) < 4.78 is 38.9. The molecule has 0 amide bonds. The first kappa shape index (κ1) is 15.3. The molecule has 0 radical (unpaired) electrons. The van der Waals surface area contributed by atoms with Crippen LogP contribution in [0.5, 0.6) is 0 Å². The molecule has 2 rings (SSSR count). The van der Waals surface area contributed by atoms with E-state index in [1.165, 1.54) is 12.1 Å². The Labute approximate surface area is 120 Å². The Bertz CT molecular complexity index is 579. The fourth-order valence-electron chi connectivity index (χ4n) is 2.46. The summed E-state index contributed by atoms with van der Waals surface area (Å²) in [5, 5.41) is -0.387. The molecular formula is C14H21FN2O2S. The molecule has 1 aromatic carbocycles. The van der Waals surface area contributed by atoms with Gasteiger partial charge in [-0.25, -0.2) is 12.8 Å². The minimum absolute atomic E-state index is 0.243. The lowest BCUT2D eigenvalue weighted by Crippen LogP contribution is -2.50. The first-order valence-electron chi connectivity index (χ1n) is 6.82. The first-order valence-corrected chi connectivity index (χ1v) is 8.33. The lowest BCUT2D eigenvalue weighted by molar-refractivity contribution is 0.381. The number of nitrogens with zero attached hydrogens (tertiary/aromatic N) is 2. The number of benzene rings is 1. The van der Waals surface area contributed by atoms with Gasteiger partial charge in [0.15, 0.2) is 0 Å². The van der Waals surface area contributed by atoms with Gasteiger partial charge in [-0.1, -0.05) is 0 Å². The van der Waals surface area contributed by atoms with Gasteiger partial charge < -0.3 is 4.90 Å². The van der Waals surface area contributed by atoms with Gasteiger partial charge >= 0.3 is 0 Å². The van der Waals surface area contributed by atoms with E-state index in [1.54, 1.807) is 24.2 Å². The highest BCUT2D eigenvalue weighted by molar-refractivity contribution is 7.89. The predicted octanol–water partition coefficient (Wildman–Crippen LogP) is 1.99. The maximum Gasteiger partial charge on any atom is 0.216 e. The number of halogens is 1. The van der Waals surface area contributed by atoms with Crippen LogP contribution in [0.2, 0.25) is 0 Å². The maximum absolute atomic E-state index is 13.1. The lowest BCUT2D eigenvalue weighted by Gasteiger charge is -2.36.